The summed E-state index contributed by atoms with van der Waals surface area (Å²) in [7, 11) is 5.76. The number of rotatable bonds is 8. The minimum Gasteiger partial charge on any atom is -0.467 e. The number of hydrogen-bond acceptors (Lipinski definition) is 4. The summed E-state index contributed by atoms with van der Waals surface area (Å²) in [6.07, 6.45) is 2.51. The van der Waals surface area contributed by atoms with Crippen molar-refractivity contribution in [3.05, 3.63) is 25.3 Å². The lowest BCUT2D eigenvalue weighted by molar-refractivity contribution is -0.148. The fraction of sp³-hybridized carbons (Fsp3) is 0.538. The molecule has 0 saturated carbocycles. The van der Waals surface area contributed by atoms with Crippen molar-refractivity contribution in [2.45, 2.75) is 38.3 Å². The van der Waals surface area contributed by atoms with Gasteiger partial charge in [0.1, 0.15) is 13.4 Å². The van der Waals surface area contributed by atoms with Gasteiger partial charge in [0, 0.05) is 12.5 Å². The molecule has 0 aromatic rings. The van der Waals surface area contributed by atoms with E-state index in [0.29, 0.717) is 0 Å². The molecule has 0 aromatic carbocycles. The highest BCUT2D eigenvalue weighted by Crippen LogP contribution is 2.16. The van der Waals surface area contributed by atoms with Crippen molar-refractivity contribution in [2.75, 3.05) is 6.61 Å². The normalized spacial score (nSPS) is 14.4. The third kappa shape index (κ3) is 5.82. The van der Waals surface area contributed by atoms with Gasteiger partial charge >= 0.3 is 5.97 Å². The number of ether oxygens (including phenoxy) is 2. The number of carbonyl (C=O) groups is 2. The fourth-order valence-electron chi connectivity index (χ4n) is 1.15. The Hall–Kier alpha value is -1.36. The van der Waals surface area contributed by atoms with E-state index in [1.807, 2.05) is 0 Å². The Morgan fingerprint density at radius 2 is 1.78 bits per heavy atom. The second kappa shape index (κ2) is 6.54. The summed E-state index contributed by atoms with van der Waals surface area (Å²) in [5.41, 5.74) is -2.11. The lowest BCUT2D eigenvalue weighted by Gasteiger charge is -2.28. The molecule has 0 spiro atoms. The zero-order valence-corrected chi connectivity index (χ0v) is 11.2. The van der Waals surface area contributed by atoms with Crippen LogP contribution in [0, 0.1) is 0 Å². The highest BCUT2D eigenvalue weighted by Gasteiger charge is 2.28. The summed E-state index contributed by atoms with van der Waals surface area (Å²) < 4.78 is 10.3. The largest absolute Gasteiger partial charge is 0.467 e. The van der Waals surface area contributed by atoms with Crippen molar-refractivity contribution in [2.24, 2.45) is 0 Å². The lowest BCUT2D eigenvalue weighted by Crippen LogP contribution is -2.38. The predicted molar refractivity (Wildman–Crippen MR) is 70.3 cm³/mol. The first-order chi connectivity index (χ1) is 8.14. The third-order valence-corrected chi connectivity index (χ3v) is 2.34. The van der Waals surface area contributed by atoms with Crippen LogP contribution >= 0.6 is 0 Å². The van der Waals surface area contributed by atoms with Crippen molar-refractivity contribution >= 4 is 19.6 Å². The van der Waals surface area contributed by atoms with E-state index < -0.39 is 17.1 Å². The quantitative estimate of drug-likeness (QED) is 0.372. The maximum atomic E-state index is 11.4. The summed E-state index contributed by atoms with van der Waals surface area (Å²) in [6.45, 7) is 11.7. The van der Waals surface area contributed by atoms with Gasteiger partial charge in [-0.05, 0) is 26.8 Å². The maximum Gasteiger partial charge on any atom is 0.329 e. The predicted octanol–water partition coefficient (Wildman–Crippen LogP) is 1.54. The topological polar surface area (TPSA) is 52.6 Å². The van der Waals surface area contributed by atoms with Crippen molar-refractivity contribution in [3.8, 4) is 0 Å². The molecule has 0 N–H and O–H groups in total. The SMILES string of the molecule is [B]C(C)(CCOC(C)(C)C(=O)C=C)OC(=O)C=C. The molecule has 98 valence electrons. The Labute approximate surface area is 109 Å². The van der Waals surface area contributed by atoms with Crippen LogP contribution in [0.1, 0.15) is 27.2 Å². The molecule has 0 saturated heterocycles. The Balaban J connectivity index is 4.25. The van der Waals surface area contributed by atoms with E-state index in [2.05, 4.69) is 13.2 Å². The van der Waals surface area contributed by atoms with Gasteiger partial charge in [-0.3, -0.25) is 4.79 Å². The van der Waals surface area contributed by atoms with E-state index in [-0.39, 0.29) is 18.8 Å². The molecule has 1 atom stereocenters. The van der Waals surface area contributed by atoms with E-state index in [4.69, 9.17) is 17.3 Å². The summed E-state index contributed by atoms with van der Waals surface area (Å²) in [4.78, 5) is 22.5. The van der Waals surface area contributed by atoms with Gasteiger partial charge in [0.2, 0.25) is 0 Å². The number of esters is 1. The monoisotopic (exact) mass is 250 g/mol. The molecule has 0 aliphatic carbocycles. The van der Waals surface area contributed by atoms with Crippen LogP contribution in [-0.2, 0) is 19.1 Å². The molecule has 0 amide bonds. The molecule has 0 bridgehead atoms. The van der Waals surface area contributed by atoms with Crippen molar-refractivity contribution in [1.29, 1.82) is 0 Å². The van der Waals surface area contributed by atoms with E-state index in [0.717, 1.165) is 6.08 Å². The van der Waals surface area contributed by atoms with E-state index in [9.17, 15) is 9.59 Å². The molecule has 0 aromatic heterocycles. The highest BCUT2D eigenvalue weighted by molar-refractivity contribution is 6.15. The number of hydrogen-bond donors (Lipinski definition) is 0. The van der Waals surface area contributed by atoms with E-state index in [1.165, 1.54) is 6.08 Å². The Kier molecular flexibility index (Phi) is 6.05. The van der Waals surface area contributed by atoms with Crippen LogP contribution in [0.3, 0.4) is 0 Å². The van der Waals surface area contributed by atoms with Gasteiger partial charge in [0.15, 0.2) is 5.78 Å². The Bertz CT molecular complexity index is 345. The molecule has 0 aliphatic heterocycles. The molecule has 0 heterocycles. The van der Waals surface area contributed by atoms with Crippen LogP contribution in [0.2, 0.25) is 0 Å². The summed E-state index contributed by atoms with van der Waals surface area (Å²) in [6, 6.07) is 0. The molecular formula is C13H19BO4. The van der Waals surface area contributed by atoms with Crippen LogP contribution in [-0.4, -0.2) is 37.3 Å². The molecule has 0 aliphatic rings. The Morgan fingerprint density at radius 3 is 2.22 bits per heavy atom. The van der Waals surface area contributed by atoms with E-state index >= 15 is 0 Å². The molecule has 5 heteroatoms. The van der Waals surface area contributed by atoms with Crippen LogP contribution in [0.4, 0.5) is 0 Å². The zero-order valence-electron chi connectivity index (χ0n) is 11.2. The second-order valence-electron chi connectivity index (χ2n) is 4.62. The van der Waals surface area contributed by atoms with Crippen LogP contribution in [0.25, 0.3) is 0 Å². The second-order valence-corrected chi connectivity index (χ2v) is 4.62. The molecule has 0 fully saturated rings. The van der Waals surface area contributed by atoms with Crippen LogP contribution in [0.15, 0.2) is 25.3 Å². The van der Waals surface area contributed by atoms with Gasteiger partial charge < -0.3 is 9.47 Å². The molecule has 18 heavy (non-hydrogen) atoms. The summed E-state index contributed by atoms with van der Waals surface area (Å²) in [5, 5.41) is 0. The molecule has 2 radical (unpaired) electrons. The minimum atomic E-state index is -1.15. The molecule has 1 unspecified atom stereocenters. The first kappa shape index (κ1) is 16.6. The van der Waals surface area contributed by atoms with E-state index in [1.54, 1.807) is 20.8 Å². The van der Waals surface area contributed by atoms with Gasteiger partial charge in [0.25, 0.3) is 0 Å². The summed E-state index contributed by atoms with van der Waals surface area (Å²) >= 11 is 0. The third-order valence-electron chi connectivity index (χ3n) is 2.34. The Morgan fingerprint density at radius 1 is 1.22 bits per heavy atom. The zero-order chi connectivity index (χ0) is 14.4. The number of ketones is 1. The number of carbonyl (C=O) groups excluding carboxylic acids is 2. The molecule has 4 nitrogen and oxygen atoms in total. The standard InChI is InChI=1S/C13H19BO4/c1-6-10(15)12(3,4)17-9-8-13(5,14)18-11(16)7-2/h6-7H,1-2,8-9H2,3-5H3. The molecule has 0 rings (SSSR count). The van der Waals surface area contributed by atoms with Crippen molar-refractivity contribution in [3.63, 3.8) is 0 Å². The molecular weight excluding hydrogens is 231 g/mol. The van der Waals surface area contributed by atoms with Gasteiger partial charge in [-0.25, -0.2) is 4.79 Å². The smallest absolute Gasteiger partial charge is 0.329 e. The fourth-order valence-corrected chi connectivity index (χ4v) is 1.15. The van der Waals surface area contributed by atoms with Gasteiger partial charge in [0.05, 0.1) is 12.1 Å². The first-order valence-corrected chi connectivity index (χ1v) is 5.60. The maximum absolute atomic E-state index is 11.4. The lowest BCUT2D eigenvalue weighted by atomic mass is 9.80. The summed E-state index contributed by atoms with van der Waals surface area (Å²) in [5.74, 6) is -0.814. The van der Waals surface area contributed by atoms with Crippen LogP contribution in [0.5, 0.6) is 0 Å². The van der Waals surface area contributed by atoms with Gasteiger partial charge in [-0.15, -0.1) is 0 Å². The van der Waals surface area contributed by atoms with Gasteiger partial charge in [-0.2, -0.15) is 0 Å². The average molecular weight is 250 g/mol. The van der Waals surface area contributed by atoms with Crippen molar-refractivity contribution in [1.82, 2.24) is 0 Å². The highest BCUT2D eigenvalue weighted by atomic mass is 16.6. The van der Waals surface area contributed by atoms with Crippen molar-refractivity contribution < 1.29 is 19.1 Å². The average Bonchev–Trinajstić information content (AvgIpc) is 2.26. The van der Waals surface area contributed by atoms with Gasteiger partial charge in [-0.1, -0.05) is 13.2 Å². The first-order valence-electron chi connectivity index (χ1n) is 5.60. The van der Waals surface area contributed by atoms with Crippen LogP contribution < -0.4 is 0 Å². The minimum absolute atomic E-state index is 0.185.